The number of hydrogen-bond acceptors (Lipinski definition) is 1. The number of fused-ring (bicyclic) bond motifs is 2. The van der Waals surface area contributed by atoms with Gasteiger partial charge in [0.1, 0.15) is 0 Å². The average Bonchev–Trinajstić information content (AvgIpc) is 2.29. The summed E-state index contributed by atoms with van der Waals surface area (Å²) in [5.74, 6) is 1.42. The number of benzene rings is 1. The second-order valence-electron chi connectivity index (χ2n) is 4.74. The molecule has 0 aromatic heterocycles. The van der Waals surface area contributed by atoms with Gasteiger partial charge in [0.05, 0.1) is 0 Å². The van der Waals surface area contributed by atoms with Gasteiger partial charge in [-0.25, -0.2) is 0 Å². The molecule has 1 nitrogen and oxygen atoms in total. The first-order chi connectivity index (χ1) is 7.93. The van der Waals surface area contributed by atoms with E-state index in [1.807, 2.05) is 0 Å². The number of aliphatic imine (C=N–C) groups is 1. The molecule has 0 saturated carbocycles. The van der Waals surface area contributed by atoms with E-state index in [4.69, 9.17) is 0 Å². The van der Waals surface area contributed by atoms with Gasteiger partial charge in [0.2, 0.25) is 0 Å². The van der Waals surface area contributed by atoms with Gasteiger partial charge < -0.3 is 0 Å². The molecule has 82 valence electrons. The van der Waals surface area contributed by atoms with E-state index < -0.39 is 0 Å². The van der Waals surface area contributed by atoms with Gasteiger partial charge in [-0.15, -0.1) is 0 Å². The van der Waals surface area contributed by atoms with E-state index >= 15 is 0 Å². The highest BCUT2D eigenvalue weighted by Gasteiger charge is 2.19. The van der Waals surface area contributed by atoms with Crippen LogP contribution in [0.5, 0.6) is 0 Å². The van der Waals surface area contributed by atoms with E-state index in [9.17, 15) is 0 Å². The molecule has 1 aromatic carbocycles. The zero-order chi connectivity index (χ0) is 10.8. The fourth-order valence-corrected chi connectivity index (χ4v) is 2.79. The minimum absolute atomic E-state index is 0.701. The lowest BCUT2D eigenvalue weighted by Gasteiger charge is -2.25. The minimum atomic E-state index is 0.701. The molecule has 2 unspecified atom stereocenters. The molecule has 1 aliphatic carbocycles. The molecule has 0 N–H and O–H groups in total. The minimum Gasteiger partial charge on any atom is -0.298 e. The van der Waals surface area contributed by atoms with Crippen LogP contribution in [0.2, 0.25) is 0 Å². The lowest BCUT2D eigenvalue weighted by atomic mass is 9.81. The van der Waals surface area contributed by atoms with Crippen LogP contribution < -0.4 is 10.4 Å². The van der Waals surface area contributed by atoms with Crippen molar-refractivity contribution < 1.29 is 0 Å². The highest BCUT2D eigenvalue weighted by Crippen LogP contribution is 2.26. The zero-order valence-electron chi connectivity index (χ0n) is 9.47. The topological polar surface area (TPSA) is 12.4 Å². The molecule has 0 spiro atoms. The molecule has 1 heterocycles. The summed E-state index contributed by atoms with van der Waals surface area (Å²) in [5.41, 5.74) is 0. The SMILES string of the molecule is C1=NCCC2C=c3ccccc3=CC2CC1. The van der Waals surface area contributed by atoms with E-state index in [0.29, 0.717) is 5.92 Å². The maximum Gasteiger partial charge on any atom is 0.0391 e. The van der Waals surface area contributed by atoms with Crippen molar-refractivity contribution in [1.29, 1.82) is 0 Å². The Balaban J connectivity index is 2.04. The Hall–Kier alpha value is -1.37. The Kier molecular flexibility index (Phi) is 2.61. The standard InChI is InChI=1S/C15H17N/c1-2-5-13-11-15-7-9-16-8-3-6-14(15)10-12(13)4-1/h1-2,4-5,8,10-11,14-15H,3,6-7,9H2. The van der Waals surface area contributed by atoms with Crippen molar-refractivity contribution in [3.63, 3.8) is 0 Å². The Bertz CT molecular complexity index is 465. The quantitative estimate of drug-likeness (QED) is 0.620. The van der Waals surface area contributed by atoms with Crippen LogP contribution in [0, 0.1) is 11.8 Å². The highest BCUT2D eigenvalue weighted by atomic mass is 14.7. The van der Waals surface area contributed by atoms with Crippen molar-refractivity contribution in [2.75, 3.05) is 6.54 Å². The summed E-state index contributed by atoms with van der Waals surface area (Å²) >= 11 is 0. The maximum absolute atomic E-state index is 4.42. The van der Waals surface area contributed by atoms with Crippen molar-refractivity contribution in [1.82, 2.24) is 0 Å². The lowest BCUT2D eigenvalue weighted by Crippen LogP contribution is -2.33. The van der Waals surface area contributed by atoms with Crippen LogP contribution in [0.4, 0.5) is 0 Å². The molecular weight excluding hydrogens is 194 g/mol. The molecule has 0 saturated heterocycles. The first-order valence-corrected chi connectivity index (χ1v) is 6.20. The fourth-order valence-electron chi connectivity index (χ4n) is 2.79. The molecule has 0 radical (unpaired) electrons. The van der Waals surface area contributed by atoms with Crippen molar-refractivity contribution >= 4 is 18.4 Å². The molecule has 1 heteroatoms. The Morgan fingerprint density at radius 1 is 0.938 bits per heavy atom. The Morgan fingerprint density at radius 2 is 1.62 bits per heavy atom. The van der Waals surface area contributed by atoms with Gasteiger partial charge >= 0.3 is 0 Å². The fraction of sp³-hybridized carbons (Fsp3) is 0.400. The maximum atomic E-state index is 4.42. The second-order valence-corrected chi connectivity index (χ2v) is 4.74. The summed E-state index contributed by atoms with van der Waals surface area (Å²) in [6.07, 6.45) is 10.6. The predicted octanol–water partition coefficient (Wildman–Crippen LogP) is 1.75. The van der Waals surface area contributed by atoms with Gasteiger partial charge in [-0.05, 0) is 47.8 Å². The molecule has 3 rings (SSSR count). The van der Waals surface area contributed by atoms with Crippen LogP contribution in [-0.4, -0.2) is 12.8 Å². The number of nitrogens with zero attached hydrogens (tertiary/aromatic N) is 1. The van der Waals surface area contributed by atoms with Crippen molar-refractivity contribution in [2.24, 2.45) is 16.8 Å². The third kappa shape index (κ3) is 1.82. The second kappa shape index (κ2) is 4.25. The molecule has 0 bridgehead atoms. The third-order valence-electron chi connectivity index (χ3n) is 3.68. The predicted molar refractivity (Wildman–Crippen MR) is 68.8 cm³/mol. The molecule has 16 heavy (non-hydrogen) atoms. The lowest BCUT2D eigenvalue weighted by molar-refractivity contribution is 0.462. The summed E-state index contributed by atoms with van der Waals surface area (Å²) in [6, 6.07) is 8.72. The average molecular weight is 211 g/mol. The van der Waals surface area contributed by atoms with Crippen LogP contribution in [0.3, 0.4) is 0 Å². The summed E-state index contributed by atoms with van der Waals surface area (Å²) in [7, 11) is 0. The molecule has 1 aromatic rings. The summed E-state index contributed by atoms with van der Waals surface area (Å²) in [4.78, 5) is 4.42. The van der Waals surface area contributed by atoms with E-state index in [1.165, 1.54) is 23.3 Å². The third-order valence-corrected chi connectivity index (χ3v) is 3.68. The van der Waals surface area contributed by atoms with Crippen molar-refractivity contribution in [3.05, 3.63) is 34.7 Å². The van der Waals surface area contributed by atoms with Crippen LogP contribution >= 0.6 is 0 Å². The number of rotatable bonds is 0. The van der Waals surface area contributed by atoms with Gasteiger partial charge in [0, 0.05) is 6.54 Å². The van der Waals surface area contributed by atoms with E-state index in [2.05, 4.69) is 47.6 Å². The van der Waals surface area contributed by atoms with E-state index in [0.717, 1.165) is 18.9 Å². The first kappa shape index (κ1) is 9.83. The van der Waals surface area contributed by atoms with Crippen LogP contribution in [0.15, 0.2) is 29.3 Å². The van der Waals surface area contributed by atoms with Crippen molar-refractivity contribution in [3.8, 4) is 0 Å². The molecule has 2 atom stereocenters. The smallest absolute Gasteiger partial charge is 0.0391 e. The molecule has 0 fully saturated rings. The zero-order valence-corrected chi connectivity index (χ0v) is 9.47. The summed E-state index contributed by atoms with van der Waals surface area (Å²) in [5, 5.41) is 2.83. The monoisotopic (exact) mass is 211 g/mol. The normalized spacial score (nSPS) is 27.8. The Morgan fingerprint density at radius 3 is 2.38 bits per heavy atom. The highest BCUT2D eigenvalue weighted by molar-refractivity contribution is 5.58. The molecular formula is C15H17N. The van der Waals surface area contributed by atoms with Gasteiger partial charge in [-0.1, -0.05) is 36.4 Å². The van der Waals surface area contributed by atoms with E-state index in [-0.39, 0.29) is 0 Å². The number of hydrogen-bond donors (Lipinski definition) is 0. The van der Waals surface area contributed by atoms with E-state index in [1.54, 1.807) is 0 Å². The van der Waals surface area contributed by atoms with Crippen LogP contribution in [-0.2, 0) is 0 Å². The summed E-state index contributed by atoms with van der Waals surface area (Å²) < 4.78 is 0. The van der Waals surface area contributed by atoms with Gasteiger partial charge in [0.15, 0.2) is 0 Å². The van der Waals surface area contributed by atoms with Crippen LogP contribution in [0.1, 0.15) is 19.3 Å². The molecule has 0 amide bonds. The van der Waals surface area contributed by atoms with Gasteiger partial charge in [-0.2, -0.15) is 0 Å². The van der Waals surface area contributed by atoms with Gasteiger partial charge in [-0.3, -0.25) is 4.99 Å². The largest absolute Gasteiger partial charge is 0.298 e. The van der Waals surface area contributed by atoms with Crippen molar-refractivity contribution in [2.45, 2.75) is 19.3 Å². The van der Waals surface area contributed by atoms with Crippen LogP contribution in [0.25, 0.3) is 12.2 Å². The Labute approximate surface area is 96.2 Å². The molecule has 1 aliphatic heterocycles. The van der Waals surface area contributed by atoms with Gasteiger partial charge in [0.25, 0.3) is 0 Å². The first-order valence-electron chi connectivity index (χ1n) is 6.20. The molecule has 2 aliphatic rings. The summed E-state index contributed by atoms with van der Waals surface area (Å²) in [6.45, 7) is 0.994.